The minimum absolute atomic E-state index is 0.128. The number of carbonyl (C=O) groups is 1. The smallest absolute Gasteiger partial charge is 0.250 e. The van der Waals surface area contributed by atoms with E-state index in [0.29, 0.717) is 13.0 Å². The number of hydrogen-bond donors (Lipinski definition) is 2. The van der Waals surface area contributed by atoms with Gasteiger partial charge in [-0.1, -0.05) is 42.0 Å². The van der Waals surface area contributed by atoms with E-state index >= 15 is 0 Å². The molecule has 19 heavy (non-hydrogen) atoms. The number of rotatable bonds is 4. The summed E-state index contributed by atoms with van der Waals surface area (Å²) >= 11 is 0. The molecule has 1 aliphatic rings. The molecule has 0 fully saturated rings. The summed E-state index contributed by atoms with van der Waals surface area (Å²) < 4.78 is 5.42. The van der Waals surface area contributed by atoms with Crippen LogP contribution in [-0.4, -0.2) is 30.3 Å². The highest BCUT2D eigenvalue weighted by atomic mass is 16.5. The first-order chi connectivity index (χ1) is 9.20. The summed E-state index contributed by atoms with van der Waals surface area (Å²) in [6, 6.07) is 9.05. The zero-order chi connectivity index (χ0) is 13.7. The summed E-state index contributed by atoms with van der Waals surface area (Å²) in [5.41, 5.74) is 2.05. The fraction of sp³-hybridized carbons (Fsp3) is 0.400. The Kier molecular flexibility index (Phi) is 4.71. The van der Waals surface area contributed by atoms with Gasteiger partial charge in [0.1, 0.15) is 6.10 Å². The second kappa shape index (κ2) is 6.50. The maximum Gasteiger partial charge on any atom is 0.250 e. The minimum atomic E-state index is -0.456. The third-order valence-electron chi connectivity index (χ3n) is 3.23. The van der Waals surface area contributed by atoms with Crippen molar-refractivity contribution >= 4 is 5.91 Å². The minimum Gasteiger partial charge on any atom is -0.394 e. The van der Waals surface area contributed by atoms with Crippen molar-refractivity contribution in [3.63, 3.8) is 0 Å². The standard InChI is InChI=1S/C15H19NO3/c1-11-7-8-19-14(9-11)15(18)16-13(10-17)12-5-3-2-4-6-12/h2-7,13-14,17H,8-10H2,1H3,(H,16,18)/t13-,14+/m1/s1. The zero-order valence-electron chi connectivity index (χ0n) is 11.0. The second-order valence-electron chi connectivity index (χ2n) is 4.73. The average Bonchev–Trinajstić information content (AvgIpc) is 2.45. The first-order valence-corrected chi connectivity index (χ1v) is 6.44. The van der Waals surface area contributed by atoms with Crippen LogP contribution in [0.2, 0.25) is 0 Å². The van der Waals surface area contributed by atoms with Gasteiger partial charge in [0.15, 0.2) is 0 Å². The highest BCUT2D eigenvalue weighted by molar-refractivity contribution is 5.81. The van der Waals surface area contributed by atoms with E-state index < -0.39 is 6.10 Å². The summed E-state index contributed by atoms with van der Waals surface area (Å²) in [5, 5.41) is 12.2. The van der Waals surface area contributed by atoms with Gasteiger partial charge in [-0.05, 0) is 12.5 Å². The Morgan fingerprint density at radius 3 is 2.84 bits per heavy atom. The molecule has 0 spiro atoms. The summed E-state index contributed by atoms with van der Waals surface area (Å²) in [7, 11) is 0. The van der Waals surface area contributed by atoms with E-state index in [9.17, 15) is 9.90 Å². The largest absolute Gasteiger partial charge is 0.394 e. The Hall–Kier alpha value is -1.65. The molecule has 1 heterocycles. The lowest BCUT2D eigenvalue weighted by Gasteiger charge is -2.24. The second-order valence-corrected chi connectivity index (χ2v) is 4.73. The summed E-state index contributed by atoms with van der Waals surface area (Å²) in [6.07, 6.45) is 2.13. The third-order valence-corrected chi connectivity index (χ3v) is 3.23. The van der Waals surface area contributed by atoms with Crippen molar-refractivity contribution in [1.29, 1.82) is 0 Å². The Bertz CT molecular complexity index is 456. The van der Waals surface area contributed by atoms with Crippen LogP contribution in [0.3, 0.4) is 0 Å². The molecule has 0 saturated heterocycles. The summed E-state index contributed by atoms with van der Waals surface area (Å²) in [5.74, 6) is -0.171. The van der Waals surface area contributed by atoms with Crippen molar-refractivity contribution in [3.05, 3.63) is 47.5 Å². The van der Waals surface area contributed by atoms with Gasteiger partial charge in [0.05, 0.1) is 19.3 Å². The molecule has 0 unspecified atom stereocenters. The lowest BCUT2D eigenvalue weighted by Crippen LogP contribution is -2.41. The molecular formula is C15H19NO3. The molecule has 0 saturated carbocycles. The molecule has 1 aromatic rings. The van der Waals surface area contributed by atoms with E-state index in [4.69, 9.17) is 4.74 Å². The molecule has 1 aromatic carbocycles. The Balaban J connectivity index is 1.99. The Morgan fingerprint density at radius 1 is 1.47 bits per heavy atom. The quantitative estimate of drug-likeness (QED) is 0.809. The van der Waals surface area contributed by atoms with Crippen LogP contribution in [0.4, 0.5) is 0 Å². The highest BCUT2D eigenvalue weighted by Gasteiger charge is 2.24. The first kappa shape index (κ1) is 13.8. The van der Waals surface area contributed by atoms with Crippen LogP contribution >= 0.6 is 0 Å². The molecule has 0 aliphatic carbocycles. The van der Waals surface area contributed by atoms with Gasteiger partial charge >= 0.3 is 0 Å². The topological polar surface area (TPSA) is 58.6 Å². The van der Waals surface area contributed by atoms with E-state index in [2.05, 4.69) is 5.32 Å². The summed E-state index contributed by atoms with van der Waals surface area (Å²) in [6.45, 7) is 2.33. The SMILES string of the molecule is CC1=CCO[C@H](C(=O)N[C@H](CO)c2ccccc2)C1. The van der Waals surface area contributed by atoms with Gasteiger partial charge < -0.3 is 15.2 Å². The van der Waals surface area contributed by atoms with Crippen LogP contribution < -0.4 is 5.32 Å². The third kappa shape index (κ3) is 3.66. The van der Waals surface area contributed by atoms with Crippen LogP contribution in [0, 0.1) is 0 Å². The van der Waals surface area contributed by atoms with E-state index in [1.54, 1.807) is 0 Å². The van der Waals surface area contributed by atoms with Crippen LogP contribution in [0.15, 0.2) is 42.0 Å². The fourth-order valence-electron chi connectivity index (χ4n) is 2.09. The van der Waals surface area contributed by atoms with E-state index in [1.807, 2.05) is 43.3 Å². The first-order valence-electron chi connectivity index (χ1n) is 6.44. The molecule has 1 aliphatic heterocycles. The lowest BCUT2D eigenvalue weighted by molar-refractivity contribution is -0.133. The van der Waals surface area contributed by atoms with Crippen LogP contribution in [-0.2, 0) is 9.53 Å². The van der Waals surface area contributed by atoms with E-state index in [0.717, 1.165) is 11.1 Å². The molecule has 4 heteroatoms. The van der Waals surface area contributed by atoms with Crippen molar-refractivity contribution in [1.82, 2.24) is 5.32 Å². The number of aliphatic hydroxyl groups is 1. The maximum absolute atomic E-state index is 12.1. The normalized spacial score (nSPS) is 20.5. The predicted octanol–water partition coefficient (Wildman–Crippen LogP) is 1.57. The summed E-state index contributed by atoms with van der Waals surface area (Å²) in [4.78, 5) is 12.1. The molecule has 102 valence electrons. The molecule has 2 rings (SSSR count). The van der Waals surface area contributed by atoms with Gasteiger partial charge in [-0.15, -0.1) is 0 Å². The molecule has 2 N–H and O–H groups in total. The molecular weight excluding hydrogens is 242 g/mol. The van der Waals surface area contributed by atoms with Crippen molar-refractivity contribution < 1.29 is 14.6 Å². The van der Waals surface area contributed by atoms with Crippen molar-refractivity contribution in [2.45, 2.75) is 25.5 Å². The van der Waals surface area contributed by atoms with Gasteiger partial charge in [0, 0.05) is 6.42 Å². The molecule has 1 amide bonds. The van der Waals surface area contributed by atoms with Crippen molar-refractivity contribution in [2.24, 2.45) is 0 Å². The number of aliphatic hydroxyl groups excluding tert-OH is 1. The molecule has 4 nitrogen and oxygen atoms in total. The van der Waals surface area contributed by atoms with Gasteiger partial charge in [-0.25, -0.2) is 0 Å². The number of nitrogens with one attached hydrogen (secondary N) is 1. The van der Waals surface area contributed by atoms with Crippen molar-refractivity contribution in [2.75, 3.05) is 13.2 Å². The molecule has 0 radical (unpaired) electrons. The van der Waals surface area contributed by atoms with Crippen LogP contribution in [0.25, 0.3) is 0 Å². The van der Waals surface area contributed by atoms with E-state index in [-0.39, 0.29) is 18.6 Å². The van der Waals surface area contributed by atoms with Gasteiger partial charge in [-0.2, -0.15) is 0 Å². The van der Waals surface area contributed by atoms with Crippen LogP contribution in [0.1, 0.15) is 24.9 Å². The highest BCUT2D eigenvalue weighted by Crippen LogP contribution is 2.16. The number of carbonyl (C=O) groups excluding carboxylic acids is 1. The number of benzene rings is 1. The van der Waals surface area contributed by atoms with Crippen LogP contribution in [0.5, 0.6) is 0 Å². The number of amides is 1. The fourth-order valence-corrected chi connectivity index (χ4v) is 2.09. The predicted molar refractivity (Wildman–Crippen MR) is 72.5 cm³/mol. The van der Waals surface area contributed by atoms with Crippen molar-refractivity contribution in [3.8, 4) is 0 Å². The lowest BCUT2D eigenvalue weighted by atomic mass is 10.0. The Morgan fingerprint density at radius 2 is 2.21 bits per heavy atom. The average molecular weight is 261 g/mol. The molecule has 0 aromatic heterocycles. The van der Waals surface area contributed by atoms with Gasteiger partial charge in [-0.3, -0.25) is 4.79 Å². The number of hydrogen-bond acceptors (Lipinski definition) is 3. The van der Waals surface area contributed by atoms with Gasteiger partial charge in [0.25, 0.3) is 0 Å². The van der Waals surface area contributed by atoms with Gasteiger partial charge in [0.2, 0.25) is 5.91 Å². The molecule has 0 bridgehead atoms. The zero-order valence-corrected chi connectivity index (χ0v) is 11.0. The molecule has 2 atom stereocenters. The number of ether oxygens (including phenoxy) is 1. The Labute approximate surface area is 113 Å². The van der Waals surface area contributed by atoms with E-state index in [1.165, 1.54) is 0 Å². The maximum atomic E-state index is 12.1. The monoisotopic (exact) mass is 261 g/mol.